The van der Waals surface area contributed by atoms with Crippen LogP contribution in [0.3, 0.4) is 0 Å². The van der Waals surface area contributed by atoms with Gasteiger partial charge in [-0.1, -0.05) is 19.1 Å². The molecule has 0 radical (unpaired) electrons. The molecule has 1 aliphatic rings. The summed E-state index contributed by atoms with van der Waals surface area (Å²) in [4.78, 5) is 2.39. The number of para-hydroxylation sites is 2. The van der Waals surface area contributed by atoms with Crippen LogP contribution in [0.1, 0.15) is 19.8 Å². The van der Waals surface area contributed by atoms with E-state index in [2.05, 4.69) is 18.9 Å². The van der Waals surface area contributed by atoms with Crippen molar-refractivity contribution in [3.63, 3.8) is 0 Å². The average molecular weight is 249 g/mol. The van der Waals surface area contributed by atoms with Crippen molar-refractivity contribution in [2.75, 3.05) is 27.2 Å². The number of rotatable bonds is 3. The topological polar surface area (TPSA) is 21.7 Å². The lowest BCUT2D eigenvalue weighted by Gasteiger charge is -2.25. The molecule has 2 rings (SSSR count). The first-order valence-corrected chi connectivity index (χ1v) is 6.69. The second-order valence-corrected chi connectivity index (χ2v) is 5.19. The Hall–Kier alpha value is -1.22. The SMILES string of the molecule is COc1ccccc1OC1CCCN(C)CC1C. The van der Waals surface area contributed by atoms with Crippen molar-refractivity contribution in [1.29, 1.82) is 0 Å². The van der Waals surface area contributed by atoms with E-state index in [0.29, 0.717) is 5.92 Å². The molecule has 100 valence electrons. The fourth-order valence-electron chi connectivity index (χ4n) is 2.60. The molecule has 0 amide bonds. The van der Waals surface area contributed by atoms with Crippen LogP contribution in [-0.2, 0) is 0 Å². The van der Waals surface area contributed by atoms with E-state index in [-0.39, 0.29) is 6.10 Å². The Kier molecular flexibility index (Phi) is 4.48. The standard InChI is InChI=1S/C15H23NO2/c1-12-11-16(2)10-6-9-13(12)18-15-8-5-4-7-14(15)17-3/h4-5,7-8,12-13H,6,9-11H2,1-3H3. The minimum atomic E-state index is 0.284. The van der Waals surface area contributed by atoms with Crippen molar-refractivity contribution in [3.05, 3.63) is 24.3 Å². The van der Waals surface area contributed by atoms with E-state index in [1.807, 2.05) is 24.3 Å². The normalized spacial score (nSPS) is 25.5. The van der Waals surface area contributed by atoms with Crippen molar-refractivity contribution < 1.29 is 9.47 Å². The minimum absolute atomic E-state index is 0.284. The van der Waals surface area contributed by atoms with Crippen LogP contribution in [0.5, 0.6) is 11.5 Å². The Morgan fingerprint density at radius 3 is 2.67 bits per heavy atom. The van der Waals surface area contributed by atoms with Gasteiger partial charge in [-0.3, -0.25) is 0 Å². The predicted octanol–water partition coefficient (Wildman–Crippen LogP) is 2.80. The molecule has 0 aliphatic carbocycles. The molecule has 2 unspecified atom stereocenters. The van der Waals surface area contributed by atoms with Crippen molar-refractivity contribution >= 4 is 0 Å². The zero-order chi connectivity index (χ0) is 13.0. The van der Waals surface area contributed by atoms with Crippen molar-refractivity contribution in [3.8, 4) is 11.5 Å². The maximum atomic E-state index is 6.17. The second kappa shape index (κ2) is 6.10. The highest BCUT2D eigenvalue weighted by atomic mass is 16.5. The van der Waals surface area contributed by atoms with Crippen LogP contribution in [0.4, 0.5) is 0 Å². The summed E-state index contributed by atoms with van der Waals surface area (Å²) in [5.74, 6) is 2.23. The predicted molar refractivity (Wildman–Crippen MR) is 73.3 cm³/mol. The number of benzene rings is 1. The highest BCUT2D eigenvalue weighted by Crippen LogP contribution is 2.30. The Bertz CT molecular complexity index is 381. The molecule has 3 heteroatoms. The molecule has 2 atom stereocenters. The first-order valence-electron chi connectivity index (χ1n) is 6.69. The third kappa shape index (κ3) is 3.16. The third-order valence-corrected chi connectivity index (χ3v) is 3.61. The number of likely N-dealkylation sites (tertiary alicyclic amines) is 1. The molecule has 1 heterocycles. The molecular weight excluding hydrogens is 226 g/mol. The van der Waals surface area contributed by atoms with Crippen molar-refractivity contribution in [2.45, 2.75) is 25.9 Å². The molecule has 0 bridgehead atoms. The van der Waals surface area contributed by atoms with Gasteiger partial charge in [0, 0.05) is 12.5 Å². The summed E-state index contributed by atoms with van der Waals surface area (Å²) >= 11 is 0. The van der Waals surface area contributed by atoms with Crippen LogP contribution in [0, 0.1) is 5.92 Å². The van der Waals surface area contributed by atoms with Gasteiger partial charge in [0.1, 0.15) is 6.10 Å². The van der Waals surface area contributed by atoms with Crippen LogP contribution < -0.4 is 9.47 Å². The maximum absolute atomic E-state index is 6.17. The Balaban J connectivity index is 2.07. The van der Waals surface area contributed by atoms with Gasteiger partial charge < -0.3 is 14.4 Å². The van der Waals surface area contributed by atoms with Gasteiger partial charge in [-0.05, 0) is 38.6 Å². The van der Waals surface area contributed by atoms with Crippen LogP contribution in [0.15, 0.2) is 24.3 Å². The second-order valence-electron chi connectivity index (χ2n) is 5.19. The Morgan fingerprint density at radius 1 is 1.22 bits per heavy atom. The number of hydrogen-bond donors (Lipinski definition) is 0. The molecule has 1 aromatic rings. The monoisotopic (exact) mass is 249 g/mol. The first-order chi connectivity index (χ1) is 8.70. The molecule has 0 aromatic heterocycles. The van der Waals surface area contributed by atoms with Gasteiger partial charge in [0.15, 0.2) is 11.5 Å². The van der Waals surface area contributed by atoms with E-state index in [0.717, 1.165) is 31.0 Å². The van der Waals surface area contributed by atoms with Crippen molar-refractivity contribution in [1.82, 2.24) is 4.90 Å². The fraction of sp³-hybridized carbons (Fsp3) is 0.600. The van der Waals surface area contributed by atoms with Gasteiger partial charge in [0.25, 0.3) is 0 Å². The summed E-state index contributed by atoms with van der Waals surface area (Å²) in [6.45, 7) is 4.53. The van der Waals surface area contributed by atoms with Crippen LogP contribution in [0.2, 0.25) is 0 Å². The summed E-state index contributed by atoms with van der Waals surface area (Å²) < 4.78 is 11.5. The molecule has 1 fully saturated rings. The lowest BCUT2D eigenvalue weighted by molar-refractivity contribution is 0.127. The van der Waals surface area contributed by atoms with Gasteiger partial charge in [-0.25, -0.2) is 0 Å². The van der Waals surface area contributed by atoms with E-state index in [9.17, 15) is 0 Å². The first kappa shape index (κ1) is 13.2. The van der Waals surface area contributed by atoms with Gasteiger partial charge in [-0.15, -0.1) is 0 Å². The largest absolute Gasteiger partial charge is 0.493 e. The van der Waals surface area contributed by atoms with Crippen molar-refractivity contribution in [2.24, 2.45) is 5.92 Å². The highest BCUT2D eigenvalue weighted by Gasteiger charge is 2.24. The summed E-state index contributed by atoms with van der Waals surface area (Å²) in [6, 6.07) is 7.89. The van der Waals surface area contributed by atoms with Gasteiger partial charge in [0.2, 0.25) is 0 Å². The molecule has 1 aromatic carbocycles. The van der Waals surface area contributed by atoms with E-state index in [4.69, 9.17) is 9.47 Å². The molecule has 1 aliphatic heterocycles. The molecular formula is C15H23NO2. The fourth-order valence-corrected chi connectivity index (χ4v) is 2.60. The number of ether oxygens (including phenoxy) is 2. The van der Waals surface area contributed by atoms with E-state index in [1.54, 1.807) is 7.11 Å². The van der Waals surface area contributed by atoms with Gasteiger partial charge in [-0.2, -0.15) is 0 Å². The maximum Gasteiger partial charge on any atom is 0.161 e. The summed E-state index contributed by atoms with van der Waals surface area (Å²) in [5.41, 5.74) is 0. The molecule has 0 saturated carbocycles. The van der Waals surface area contributed by atoms with Crippen LogP contribution >= 0.6 is 0 Å². The quantitative estimate of drug-likeness (QED) is 0.822. The van der Waals surface area contributed by atoms with Crippen LogP contribution in [-0.4, -0.2) is 38.3 Å². The molecule has 0 N–H and O–H groups in total. The molecule has 18 heavy (non-hydrogen) atoms. The van der Waals surface area contributed by atoms with E-state index in [1.165, 1.54) is 6.42 Å². The molecule has 0 spiro atoms. The van der Waals surface area contributed by atoms with Gasteiger partial charge >= 0.3 is 0 Å². The smallest absolute Gasteiger partial charge is 0.161 e. The lowest BCUT2D eigenvalue weighted by atomic mass is 10.0. The van der Waals surface area contributed by atoms with Crippen LogP contribution in [0.25, 0.3) is 0 Å². The average Bonchev–Trinajstić information content (AvgIpc) is 2.52. The summed E-state index contributed by atoms with van der Waals surface area (Å²) in [6.07, 6.45) is 2.59. The number of hydrogen-bond acceptors (Lipinski definition) is 3. The van der Waals surface area contributed by atoms with E-state index >= 15 is 0 Å². The third-order valence-electron chi connectivity index (χ3n) is 3.61. The minimum Gasteiger partial charge on any atom is -0.493 e. The number of nitrogens with zero attached hydrogens (tertiary/aromatic N) is 1. The summed E-state index contributed by atoms with van der Waals surface area (Å²) in [5, 5.41) is 0. The Morgan fingerprint density at radius 2 is 1.94 bits per heavy atom. The molecule has 1 saturated heterocycles. The van der Waals surface area contributed by atoms with E-state index < -0.39 is 0 Å². The summed E-state index contributed by atoms with van der Waals surface area (Å²) in [7, 11) is 3.87. The molecule has 3 nitrogen and oxygen atoms in total. The zero-order valence-electron chi connectivity index (χ0n) is 11.6. The van der Waals surface area contributed by atoms with Gasteiger partial charge in [0.05, 0.1) is 7.11 Å². The lowest BCUT2D eigenvalue weighted by Crippen LogP contribution is -2.30. The highest BCUT2D eigenvalue weighted by molar-refractivity contribution is 5.39. The Labute approximate surface area is 110 Å². The zero-order valence-corrected chi connectivity index (χ0v) is 11.6. The number of methoxy groups -OCH3 is 1.